The first-order valence-corrected chi connectivity index (χ1v) is 7.55. The number of nitrogens with one attached hydrogen (secondary N) is 3. The van der Waals surface area contributed by atoms with Gasteiger partial charge in [-0.1, -0.05) is 6.92 Å². The number of hydrogen-bond donors (Lipinski definition) is 3. The smallest absolute Gasteiger partial charge is 0.240 e. The predicted molar refractivity (Wildman–Crippen MR) is 74.9 cm³/mol. The van der Waals surface area contributed by atoms with E-state index < -0.39 is 0 Å². The number of thiazole rings is 1. The van der Waals surface area contributed by atoms with Gasteiger partial charge in [-0.2, -0.15) is 0 Å². The molecule has 0 aromatic carbocycles. The minimum atomic E-state index is -0.267. The second-order valence-corrected chi connectivity index (χ2v) is 5.95. The average molecular weight is 295 g/mol. The van der Waals surface area contributed by atoms with Crippen LogP contribution in [0.5, 0.6) is 0 Å². The zero-order valence-corrected chi connectivity index (χ0v) is 11.9. The number of hydrazine groups is 1. The maximum Gasteiger partial charge on any atom is 0.240 e. The summed E-state index contributed by atoms with van der Waals surface area (Å²) in [6, 6.07) is -0.148. The SMILES string of the molecule is CCN1CC2C(=O)NNC2C(C(=O)Nc2nccs2)C1. The van der Waals surface area contributed by atoms with Gasteiger partial charge in [0.25, 0.3) is 0 Å². The summed E-state index contributed by atoms with van der Waals surface area (Å²) in [5, 5.41) is 5.24. The van der Waals surface area contributed by atoms with Crippen molar-refractivity contribution in [2.45, 2.75) is 13.0 Å². The molecule has 2 fully saturated rings. The third-order valence-corrected chi connectivity index (χ3v) is 4.61. The summed E-state index contributed by atoms with van der Waals surface area (Å²) in [6.45, 7) is 4.21. The van der Waals surface area contributed by atoms with Gasteiger partial charge in [-0.05, 0) is 6.54 Å². The average Bonchev–Trinajstić information content (AvgIpc) is 3.08. The Kier molecular flexibility index (Phi) is 3.68. The van der Waals surface area contributed by atoms with E-state index in [9.17, 15) is 9.59 Å². The van der Waals surface area contributed by atoms with Crippen LogP contribution in [0.2, 0.25) is 0 Å². The van der Waals surface area contributed by atoms with E-state index in [4.69, 9.17) is 0 Å². The minimum absolute atomic E-state index is 0.0276. The van der Waals surface area contributed by atoms with E-state index in [0.29, 0.717) is 18.2 Å². The Morgan fingerprint density at radius 2 is 2.45 bits per heavy atom. The molecule has 3 atom stereocenters. The number of anilines is 1. The maximum atomic E-state index is 12.4. The van der Waals surface area contributed by atoms with E-state index in [-0.39, 0.29) is 29.7 Å². The lowest BCUT2D eigenvalue weighted by molar-refractivity contribution is -0.126. The van der Waals surface area contributed by atoms with Crippen LogP contribution >= 0.6 is 11.3 Å². The number of aromatic nitrogens is 1. The van der Waals surface area contributed by atoms with Gasteiger partial charge in [-0.15, -0.1) is 11.3 Å². The molecule has 108 valence electrons. The molecule has 3 heterocycles. The zero-order valence-electron chi connectivity index (χ0n) is 11.1. The van der Waals surface area contributed by atoms with E-state index in [0.717, 1.165) is 6.54 Å². The van der Waals surface area contributed by atoms with Gasteiger partial charge in [0.1, 0.15) is 0 Å². The molecule has 8 heteroatoms. The van der Waals surface area contributed by atoms with Gasteiger partial charge in [0.2, 0.25) is 11.8 Å². The molecule has 0 aliphatic carbocycles. The molecule has 1 aromatic heterocycles. The van der Waals surface area contributed by atoms with Crippen molar-refractivity contribution < 1.29 is 9.59 Å². The van der Waals surface area contributed by atoms with Gasteiger partial charge in [0, 0.05) is 24.7 Å². The monoisotopic (exact) mass is 295 g/mol. The van der Waals surface area contributed by atoms with Crippen LogP contribution < -0.4 is 16.2 Å². The molecule has 1 aromatic rings. The molecular formula is C12H17N5O2S. The van der Waals surface area contributed by atoms with E-state index in [1.807, 2.05) is 12.3 Å². The van der Waals surface area contributed by atoms with Gasteiger partial charge in [0.05, 0.1) is 17.9 Å². The summed E-state index contributed by atoms with van der Waals surface area (Å²) in [5.41, 5.74) is 5.60. The lowest BCUT2D eigenvalue weighted by Crippen LogP contribution is -2.55. The minimum Gasteiger partial charge on any atom is -0.302 e. The Morgan fingerprint density at radius 3 is 3.15 bits per heavy atom. The van der Waals surface area contributed by atoms with E-state index in [1.54, 1.807) is 6.20 Å². The van der Waals surface area contributed by atoms with E-state index in [1.165, 1.54) is 11.3 Å². The molecule has 2 aliphatic rings. The van der Waals surface area contributed by atoms with Crippen LogP contribution in [0.25, 0.3) is 0 Å². The van der Waals surface area contributed by atoms with Crippen molar-refractivity contribution in [2.24, 2.45) is 11.8 Å². The highest BCUT2D eigenvalue weighted by Crippen LogP contribution is 2.26. The first-order valence-electron chi connectivity index (χ1n) is 6.67. The Bertz CT molecular complexity index is 506. The lowest BCUT2D eigenvalue weighted by atomic mass is 9.84. The normalized spacial score (nSPS) is 29.9. The molecule has 0 bridgehead atoms. The second kappa shape index (κ2) is 5.47. The van der Waals surface area contributed by atoms with Crippen LogP contribution in [0.1, 0.15) is 6.92 Å². The number of carbonyl (C=O) groups is 2. The molecule has 0 radical (unpaired) electrons. The Hall–Kier alpha value is -1.51. The van der Waals surface area contributed by atoms with Crippen molar-refractivity contribution in [3.8, 4) is 0 Å². The van der Waals surface area contributed by atoms with Gasteiger partial charge < -0.3 is 10.2 Å². The van der Waals surface area contributed by atoms with Crippen LogP contribution in [0.15, 0.2) is 11.6 Å². The number of carbonyl (C=O) groups excluding carboxylic acids is 2. The highest BCUT2D eigenvalue weighted by molar-refractivity contribution is 7.13. The summed E-state index contributed by atoms with van der Waals surface area (Å²) < 4.78 is 0. The molecule has 0 spiro atoms. The van der Waals surface area contributed by atoms with Crippen LogP contribution in [-0.4, -0.2) is 47.4 Å². The summed E-state index contributed by atoms with van der Waals surface area (Å²) >= 11 is 1.39. The molecule has 2 amide bonds. The largest absolute Gasteiger partial charge is 0.302 e. The number of rotatable bonds is 3. The van der Waals surface area contributed by atoms with Gasteiger partial charge in [0.15, 0.2) is 5.13 Å². The summed E-state index contributed by atoms with van der Waals surface area (Å²) in [5.74, 6) is -0.551. The summed E-state index contributed by atoms with van der Waals surface area (Å²) in [4.78, 5) is 30.4. The van der Waals surface area contributed by atoms with Crippen LogP contribution in [-0.2, 0) is 9.59 Å². The number of piperidine rings is 1. The van der Waals surface area contributed by atoms with Gasteiger partial charge in [-0.3, -0.25) is 15.0 Å². The van der Waals surface area contributed by atoms with E-state index >= 15 is 0 Å². The van der Waals surface area contributed by atoms with Crippen LogP contribution in [0.4, 0.5) is 5.13 Å². The van der Waals surface area contributed by atoms with Crippen molar-refractivity contribution in [2.75, 3.05) is 25.0 Å². The Labute approximate surface area is 120 Å². The van der Waals surface area contributed by atoms with Crippen molar-refractivity contribution in [3.63, 3.8) is 0 Å². The summed E-state index contributed by atoms with van der Waals surface area (Å²) in [6.07, 6.45) is 1.65. The second-order valence-electron chi connectivity index (χ2n) is 5.05. The van der Waals surface area contributed by atoms with E-state index in [2.05, 4.69) is 26.1 Å². The van der Waals surface area contributed by atoms with Gasteiger partial charge >= 0.3 is 0 Å². The third kappa shape index (κ3) is 2.41. The van der Waals surface area contributed by atoms with Crippen molar-refractivity contribution in [3.05, 3.63) is 11.6 Å². The Balaban J connectivity index is 1.75. The Morgan fingerprint density at radius 1 is 1.60 bits per heavy atom. The lowest BCUT2D eigenvalue weighted by Gasteiger charge is -2.37. The first kappa shape index (κ1) is 13.5. The van der Waals surface area contributed by atoms with Crippen LogP contribution in [0, 0.1) is 11.8 Å². The third-order valence-electron chi connectivity index (χ3n) is 3.92. The fraction of sp³-hybridized carbons (Fsp3) is 0.583. The molecule has 3 unspecified atom stereocenters. The quantitative estimate of drug-likeness (QED) is 0.710. The van der Waals surface area contributed by atoms with Crippen molar-refractivity contribution in [1.29, 1.82) is 0 Å². The number of hydrogen-bond acceptors (Lipinski definition) is 6. The zero-order chi connectivity index (χ0) is 14.1. The van der Waals surface area contributed by atoms with Crippen molar-refractivity contribution >= 4 is 28.3 Å². The molecular weight excluding hydrogens is 278 g/mol. The predicted octanol–water partition coefficient (Wildman–Crippen LogP) is -0.347. The molecule has 2 aliphatic heterocycles. The molecule has 2 saturated heterocycles. The molecule has 0 saturated carbocycles. The molecule has 7 nitrogen and oxygen atoms in total. The highest BCUT2D eigenvalue weighted by Gasteiger charge is 2.47. The summed E-state index contributed by atoms with van der Waals surface area (Å²) in [7, 11) is 0. The molecule has 3 rings (SSSR count). The topological polar surface area (TPSA) is 86.4 Å². The molecule has 3 N–H and O–H groups in total. The fourth-order valence-electron chi connectivity index (χ4n) is 2.82. The number of fused-ring (bicyclic) bond motifs is 1. The first-order chi connectivity index (χ1) is 9.69. The van der Waals surface area contributed by atoms with Crippen LogP contribution in [0.3, 0.4) is 0 Å². The maximum absolute atomic E-state index is 12.4. The van der Waals surface area contributed by atoms with Crippen molar-refractivity contribution in [1.82, 2.24) is 20.7 Å². The highest BCUT2D eigenvalue weighted by atomic mass is 32.1. The standard InChI is InChI=1S/C12H17N5O2S/c1-2-17-5-7(9-8(6-17)11(19)16-15-9)10(18)14-12-13-3-4-20-12/h3-4,7-9,15H,2,5-6H2,1H3,(H,16,19)(H,13,14,18). The molecule has 20 heavy (non-hydrogen) atoms. The number of nitrogens with zero attached hydrogens (tertiary/aromatic N) is 2. The number of likely N-dealkylation sites (tertiary alicyclic amines) is 1. The fourth-order valence-corrected chi connectivity index (χ4v) is 3.35. The number of amides is 2. The van der Waals surface area contributed by atoms with Gasteiger partial charge in [-0.25, -0.2) is 10.4 Å².